The van der Waals surface area contributed by atoms with Crippen LogP contribution in [0, 0.1) is 5.92 Å². The van der Waals surface area contributed by atoms with Crippen molar-refractivity contribution in [2.75, 3.05) is 20.1 Å². The van der Waals surface area contributed by atoms with Gasteiger partial charge in [0.15, 0.2) is 0 Å². The zero-order chi connectivity index (χ0) is 16.6. The van der Waals surface area contributed by atoms with E-state index in [1.54, 1.807) is 16.2 Å². The van der Waals surface area contributed by atoms with Crippen molar-refractivity contribution in [1.82, 2.24) is 9.80 Å². The Kier molecular flexibility index (Phi) is 4.73. The molecule has 4 atom stereocenters. The molecule has 2 saturated heterocycles. The summed E-state index contributed by atoms with van der Waals surface area (Å²) < 4.78 is 5.73. The predicted octanol–water partition coefficient (Wildman–Crippen LogP) is 2.29. The summed E-state index contributed by atoms with van der Waals surface area (Å²) in [5.41, 5.74) is 0. The first-order chi connectivity index (χ1) is 11.0. The fraction of sp³-hybridized carbons (Fsp3) is 0.647. The number of piperidine rings is 1. The van der Waals surface area contributed by atoms with E-state index in [2.05, 4.69) is 0 Å². The van der Waals surface area contributed by atoms with Gasteiger partial charge in [-0.3, -0.25) is 9.59 Å². The van der Waals surface area contributed by atoms with Gasteiger partial charge in [0.1, 0.15) is 0 Å². The Morgan fingerprint density at radius 2 is 2.00 bits per heavy atom. The molecule has 0 radical (unpaired) electrons. The van der Waals surface area contributed by atoms with Crippen LogP contribution in [0.4, 0.5) is 0 Å². The Labute approximate surface area is 141 Å². The summed E-state index contributed by atoms with van der Waals surface area (Å²) in [5, 5.41) is 2.00. The van der Waals surface area contributed by atoms with Gasteiger partial charge in [-0.2, -0.15) is 0 Å². The molecule has 0 saturated carbocycles. The van der Waals surface area contributed by atoms with Gasteiger partial charge in [-0.15, -0.1) is 11.3 Å². The molecule has 6 heteroatoms. The fourth-order valence-corrected chi connectivity index (χ4v) is 4.67. The molecule has 0 N–H and O–H groups in total. The molecule has 0 bridgehead atoms. The number of carbonyl (C=O) groups is 2. The zero-order valence-electron chi connectivity index (χ0n) is 13.9. The van der Waals surface area contributed by atoms with Crippen LogP contribution in [0.5, 0.6) is 0 Å². The Bertz CT molecular complexity index is 564. The lowest BCUT2D eigenvalue weighted by atomic mass is 9.86. The van der Waals surface area contributed by atoms with Gasteiger partial charge in [-0.1, -0.05) is 6.07 Å². The molecule has 0 aromatic carbocycles. The van der Waals surface area contributed by atoms with E-state index in [9.17, 15) is 9.59 Å². The number of hydrogen-bond acceptors (Lipinski definition) is 4. The normalized spacial score (nSPS) is 32.2. The largest absolute Gasteiger partial charge is 0.372 e. The second-order valence-electron chi connectivity index (χ2n) is 6.61. The summed E-state index contributed by atoms with van der Waals surface area (Å²) in [4.78, 5) is 30.0. The number of carbonyl (C=O) groups excluding carboxylic acids is 2. The third-order valence-corrected chi connectivity index (χ3v) is 5.69. The summed E-state index contributed by atoms with van der Waals surface area (Å²) in [6.07, 6.45) is 1.20. The van der Waals surface area contributed by atoms with Gasteiger partial charge in [0, 0.05) is 31.4 Å². The highest BCUT2D eigenvalue weighted by Gasteiger charge is 2.42. The lowest BCUT2D eigenvalue weighted by Crippen LogP contribution is -2.53. The van der Waals surface area contributed by atoms with E-state index in [-0.39, 0.29) is 36.0 Å². The lowest BCUT2D eigenvalue weighted by Gasteiger charge is -2.42. The number of nitrogens with zero attached hydrogens (tertiary/aromatic N) is 2. The second-order valence-corrected chi connectivity index (χ2v) is 7.59. The molecule has 0 spiro atoms. The van der Waals surface area contributed by atoms with Gasteiger partial charge in [0.25, 0.3) is 0 Å². The molecule has 3 rings (SSSR count). The van der Waals surface area contributed by atoms with E-state index in [0.29, 0.717) is 25.9 Å². The predicted molar refractivity (Wildman–Crippen MR) is 89.1 cm³/mol. The third kappa shape index (κ3) is 3.28. The van der Waals surface area contributed by atoms with Gasteiger partial charge in [0.2, 0.25) is 11.8 Å². The minimum absolute atomic E-state index is 0.0610. The van der Waals surface area contributed by atoms with E-state index in [0.717, 1.165) is 4.88 Å². The minimum Gasteiger partial charge on any atom is -0.372 e. The van der Waals surface area contributed by atoms with Crippen LogP contribution in [0.3, 0.4) is 0 Å². The van der Waals surface area contributed by atoms with Crippen LogP contribution in [0.2, 0.25) is 0 Å². The number of rotatable bonds is 2. The van der Waals surface area contributed by atoms with Crippen LogP contribution >= 0.6 is 11.3 Å². The van der Waals surface area contributed by atoms with Gasteiger partial charge < -0.3 is 14.5 Å². The van der Waals surface area contributed by atoms with E-state index in [4.69, 9.17) is 4.74 Å². The maximum Gasteiger partial charge on any atom is 0.228 e. The van der Waals surface area contributed by atoms with Crippen LogP contribution in [0.25, 0.3) is 0 Å². The average molecular weight is 336 g/mol. The smallest absolute Gasteiger partial charge is 0.228 e. The topological polar surface area (TPSA) is 49.9 Å². The highest BCUT2D eigenvalue weighted by atomic mass is 32.1. The first-order valence-corrected chi connectivity index (χ1v) is 9.08. The molecule has 1 aromatic heterocycles. The first-order valence-electron chi connectivity index (χ1n) is 8.20. The molecule has 1 aromatic rings. The Morgan fingerprint density at radius 1 is 1.30 bits per heavy atom. The van der Waals surface area contributed by atoms with Gasteiger partial charge in [-0.05, 0) is 31.7 Å². The molecule has 23 heavy (non-hydrogen) atoms. The monoisotopic (exact) mass is 336 g/mol. The van der Waals surface area contributed by atoms with Crippen molar-refractivity contribution in [2.24, 2.45) is 5.92 Å². The summed E-state index contributed by atoms with van der Waals surface area (Å²) in [6, 6.07) is 3.86. The van der Waals surface area contributed by atoms with Crippen molar-refractivity contribution in [3.05, 3.63) is 22.4 Å². The molecule has 4 unspecified atom stereocenters. The van der Waals surface area contributed by atoms with Crippen molar-refractivity contribution in [3.63, 3.8) is 0 Å². The Morgan fingerprint density at radius 3 is 2.61 bits per heavy atom. The minimum atomic E-state index is -0.158. The van der Waals surface area contributed by atoms with Crippen LogP contribution in [0.1, 0.15) is 37.6 Å². The summed E-state index contributed by atoms with van der Waals surface area (Å²) >= 11 is 1.61. The van der Waals surface area contributed by atoms with Crippen molar-refractivity contribution in [3.8, 4) is 0 Å². The molecule has 2 amide bonds. The van der Waals surface area contributed by atoms with Crippen molar-refractivity contribution in [1.29, 1.82) is 0 Å². The number of hydrogen-bond donors (Lipinski definition) is 0. The second kappa shape index (κ2) is 6.61. The highest BCUT2D eigenvalue weighted by Crippen LogP contribution is 2.39. The van der Waals surface area contributed by atoms with Crippen molar-refractivity contribution < 1.29 is 14.3 Å². The summed E-state index contributed by atoms with van der Waals surface area (Å²) in [5.74, 6) is 0.120. The average Bonchev–Trinajstić information content (AvgIpc) is 3.02. The van der Waals surface area contributed by atoms with E-state index in [1.807, 2.05) is 43.3 Å². The summed E-state index contributed by atoms with van der Waals surface area (Å²) in [6.45, 7) is 5.27. The number of morpholine rings is 1. The Hall–Kier alpha value is -1.40. The number of amides is 2. The fourth-order valence-electron chi connectivity index (χ4n) is 3.74. The Balaban J connectivity index is 1.84. The SMILES string of the molecule is CC1CN(C(=O)C2CCC(=O)N(C)C2c2cccs2)CC(C)O1. The van der Waals surface area contributed by atoms with E-state index >= 15 is 0 Å². The molecule has 2 aliphatic heterocycles. The number of ether oxygens (including phenoxy) is 1. The summed E-state index contributed by atoms with van der Waals surface area (Å²) in [7, 11) is 1.82. The molecule has 126 valence electrons. The third-order valence-electron chi connectivity index (χ3n) is 4.74. The lowest BCUT2D eigenvalue weighted by molar-refractivity contribution is -0.154. The van der Waals surface area contributed by atoms with E-state index < -0.39 is 0 Å². The molecular formula is C17H24N2O3S. The van der Waals surface area contributed by atoms with Gasteiger partial charge in [0.05, 0.1) is 24.2 Å². The number of likely N-dealkylation sites (tertiary alicyclic amines) is 1. The van der Waals surface area contributed by atoms with Crippen LogP contribution in [0.15, 0.2) is 17.5 Å². The first kappa shape index (κ1) is 16.5. The van der Waals surface area contributed by atoms with Gasteiger partial charge in [-0.25, -0.2) is 0 Å². The maximum atomic E-state index is 13.1. The molecule has 0 aliphatic carbocycles. The van der Waals surface area contributed by atoms with Crippen LogP contribution < -0.4 is 0 Å². The highest BCUT2D eigenvalue weighted by molar-refractivity contribution is 7.10. The zero-order valence-corrected chi connectivity index (χ0v) is 14.7. The van der Waals surface area contributed by atoms with Crippen molar-refractivity contribution >= 4 is 23.2 Å². The molecule has 3 heterocycles. The quantitative estimate of drug-likeness (QED) is 0.833. The molecule has 5 nitrogen and oxygen atoms in total. The molecular weight excluding hydrogens is 312 g/mol. The molecule has 2 fully saturated rings. The van der Waals surface area contributed by atoms with Gasteiger partial charge >= 0.3 is 0 Å². The van der Waals surface area contributed by atoms with Crippen LogP contribution in [-0.2, 0) is 14.3 Å². The standard InChI is InChI=1S/C17H24N2O3S/c1-11-9-19(10-12(2)22-11)17(21)13-6-7-15(20)18(3)16(13)14-5-4-8-23-14/h4-5,8,11-13,16H,6-7,9-10H2,1-3H3. The number of thiophene rings is 1. The van der Waals surface area contributed by atoms with Crippen molar-refractivity contribution in [2.45, 2.75) is 44.9 Å². The van der Waals surface area contributed by atoms with Crippen LogP contribution in [-0.4, -0.2) is 54.0 Å². The molecule has 2 aliphatic rings. The van der Waals surface area contributed by atoms with E-state index in [1.165, 1.54) is 0 Å². The maximum absolute atomic E-state index is 13.1.